The summed E-state index contributed by atoms with van der Waals surface area (Å²) in [5.74, 6) is 0.720. The van der Waals surface area contributed by atoms with Crippen LogP contribution in [0.1, 0.15) is 66.7 Å². The van der Waals surface area contributed by atoms with Gasteiger partial charge in [0.15, 0.2) is 17.0 Å². The minimum atomic E-state index is -0.230. The molecule has 2 aliphatic heterocycles. The second-order valence-electron chi connectivity index (χ2n) is 12.5. The Balaban J connectivity index is 1.10. The number of benzene rings is 1. The molecule has 1 saturated carbocycles. The number of piperazine rings is 1. The molecule has 0 spiro atoms. The van der Waals surface area contributed by atoms with Crippen molar-refractivity contribution in [1.29, 1.82) is 5.26 Å². The molecule has 0 radical (unpaired) electrons. The van der Waals surface area contributed by atoms with Crippen LogP contribution < -0.4 is 10.4 Å². The van der Waals surface area contributed by atoms with E-state index in [1.807, 2.05) is 41.2 Å². The number of carbonyl (C=O) groups excluding carboxylic acids is 2. The first-order valence-corrected chi connectivity index (χ1v) is 15.9. The molecule has 12 heteroatoms. The molecule has 0 atom stereocenters. The molecule has 2 amide bonds. The molecule has 3 aliphatic rings. The van der Waals surface area contributed by atoms with Crippen molar-refractivity contribution in [2.45, 2.75) is 57.5 Å². The SMILES string of the molecule is CN1CCN(C(=O)C2CCN(Cc3ccc(C(=O)NN(c4nc(C#N)nc5c4ncn5C)C4CCCCC4)cc3)CC2)CC1. The molecule has 3 aromatic rings. The van der Waals surface area contributed by atoms with Gasteiger partial charge in [-0.25, -0.2) is 4.98 Å². The van der Waals surface area contributed by atoms with Gasteiger partial charge in [0.2, 0.25) is 11.7 Å². The largest absolute Gasteiger partial charge is 0.340 e. The first-order chi connectivity index (χ1) is 21.4. The number of hydrogen-bond acceptors (Lipinski definition) is 9. The van der Waals surface area contributed by atoms with E-state index >= 15 is 0 Å². The number of aromatic nitrogens is 4. The van der Waals surface area contributed by atoms with Crippen LogP contribution in [0, 0.1) is 17.2 Å². The number of nitriles is 1. The number of hydrogen-bond donors (Lipinski definition) is 1. The van der Waals surface area contributed by atoms with Crippen LogP contribution in [0.25, 0.3) is 11.2 Å². The minimum Gasteiger partial charge on any atom is -0.340 e. The predicted molar refractivity (Wildman–Crippen MR) is 166 cm³/mol. The van der Waals surface area contributed by atoms with E-state index in [1.54, 1.807) is 10.9 Å². The van der Waals surface area contributed by atoms with E-state index in [4.69, 9.17) is 0 Å². The van der Waals surface area contributed by atoms with Crippen LogP contribution >= 0.6 is 0 Å². The Morgan fingerprint density at radius 1 is 0.955 bits per heavy atom. The predicted octanol–water partition coefficient (Wildman–Crippen LogP) is 2.71. The number of anilines is 1. The first-order valence-electron chi connectivity index (χ1n) is 15.9. The molecule has 12 nitrogen and oxygen atoms in total. The van der Waals surface area contributed by atoms with Crippen LogP contribution in [-0.2, 0) is 18.4 Å². The van der Waals surface area contributed by atoms with Gasteiger partial charge in [-0.3, -0.25) is 24.9 Å². The van der Waals surface area contributed by atoms with E-state index in [1.165, 1.54) is 0 Å². The number of likely N-dealkylation sites (tertiary alicyclic amines) is 1. The lowest BCUT2D eigenvalue weighted by Crippen LogP contribution is -2.50. The third-order valence-electron chi connectivity index (χ3n) is 9.41. The van der Waals surface area contributed by atoms with Crippen LogP contribution in [0.2, 0.25) is 0 Å². The fourth-order valence-electron chi connectivity index (χ4n) is 6.68. The molecule has 2 aromatic heterocycles. The maximum Gasteiger partial charge on any atom is 0.269 e. The molecule has 0 unspecified atom stereocenters. The zero-order valence-electron chi connectivity index (χ0n) is 25.8. The van der Waals surface area contributed by atoms with Crippen LogP contribution in [0.15, 0.2) is 30.6 Å². The number of aryl methyl sites for hydroxylation is 1. The Kier molecular flexibility index (Phi) is 9.04. The Labute approximate surface area is 258 Å². The standard InChI is InChI=1S/C32H42N10O2/c1-38-16-18-41(19-17-38)32(44)25-12-14-40(15-13-25)21-23-8-10-24(11-9-23)31(43)37-42(26-6-4-3-5-7-26)30-28-29(39(2)22-34-28)35-27(20-33)36-30/h8-11,22,25-26H,3-7,12-19,21H2,1-2H3,(H,37,43). The number of amides is 2. The van der Waals surface area contributed by atoms with Gasteiger partial charge in [0.1, 0.15) is 6.07 Å². The summed E-state index contributed by atoms with van der Waals surface area (Å²) in [5, 5.41) is 11.4. The average Bonchev–Trinajstić information content (AvgIpc) is 3.44. The molecular weight excluding hydrogens is 556 g/mol. The van der Waals surface area contributed by atoms with Crippen LogP contribution in [0.4, 0.5) is 5.82 Å². The first kappa shape index (κ1) is 30.0. The zero-order chi connectivity index (χ0) is 30.6. The fourth-order valence-corrected chi connectivity index (χ4v) is 6.68. The number of rotatable bonds is 7. The lowest BCUT2D eigenvalue weighted by Gasteiger charge is -2.37. The van der Waals surface area contributed by atoms with Crippen molar-refractivity contribution in [3.05, 3.63) is 47.5 Å². The Morgan fingerprint density at radius 3 is 2.34 bits per heavy atom. The zero-order valence-corrected chi connectivity index (χ0v) is 25.8. The summed E-state index contributed by atoms with van der Waals surface area (Å²) in [6, 6.07) is 9.85. The van der Waals surface area contributed by atoms with Crippen molar-refractivity contribution < 1.29 is 9.59 Å². The number of hydrazine groups is 1. The number of likely N-dealkylation sites (N-methyl/N-ethyl adjacent to an activating group) is 1. The number of nitrogens with zero attached hydrogens (tertiary/aromatic N) is 9. The second kappa shape index (κ2) is 13.3. The molecule has 2 saturated heterocycles. The van der Waals surface area contributed by atoms with Gasteiger partial charge in [0, 0.05) is 51.3 Å². The van der Waals surface area contributed by atoms with Crippen molar-refractivity contribution >= 4 is 28.8 Å². The Bertz CT molecular complexity index is 1510. The van der Waals surface area contributed by atoms with Gasteiger partial charge in [0.25, 0.3) is 5.91 Å². The number of fused-ring (bicyclic) bond motifs is 1. The molecule has 4 heterocycles. The van der Waals surface area contributed by atoms with E-state index in [0.29, 0.717) is 28.5 Å². The molecule has 3 fully saturated rings. The van der Waals surface area contributed by atoms with Crippen molar-refractivity contribution in [2.75, 3.05) is 51.3 Å². The third kappa shape index (κ3) is 6.54. The second-order valence-corrected chi connectivity index (χ2v) is 12.5. The summed E-state index contributed by atoms with van der Waals surface area (Å²) in [5.41, 5.74) is 5.92. The number of carbonyl (C=O) groups is 2. The lowest BCUT2D eigenvalue weighted by molar-refractivity contribution is -0.138. The van der Waals surface area contributed by atoms with E-state index in [2.05, 4.69) is 43.3 Å². The minimum absolute atomic E-state index is 0.0447. The molecular formula is C32H42N10O2. The molecule has 1 N–H and O–H groups in total. The fraction of sp³-hybridized carbons (Fsp3) is 0.562. The van der Waals surface area contributed by atoms with Gasteiger partial charge >= 0.3 is 0 Å². The smallest absolute Gasteiger partial charge is 0.269 e. The monoisotopic (exact) mass is 598 g/mol. The van der Waals surface area contributed by atoms with E-state index in [9.17, 15) is 14.9 Å². The number of nitrogens with one attached hydrogen (secondary N) is 1. The normalized spacial score (nSPS) is 19.2. The Hall–Kier alpha value is -4.08. The highest BCUT2D eigenvalue weighted by Crippen LogP contribution is 2.29. The highest BCUT2D eigenvalue weighted by molar-refractivity contribution is 5.96. The molecule has 0 bridgehead atoms. The topological polar surface area (TPSA) is 127 Å². The highest BCUT2D eigenvalue weighted by atomic mass is 16.2. The van der Waals surface area contributed by atoms with Crippen LogP contribution in [-0.4, -0.2) is 98.4 Å². The van der Waals surface area contributed by atoms with Crippen molar-refractivity contribution in [1.82, 2.24) is 39.6 Å². The number of piperidine rings is 1. The van der Waals surface area contributed by atoms with Crippen LogP contribution in [0.5, 0.6) is 0 Å². The van der Waals surface area contributed by atoms with Gasteiger partial charge < -0.3 is 14.4 Å². The number of imidazole rings is 1. The van der Waals surface area contributed by atoms with Gasteiger partial charge in [-0.1, -0.05) is 31.4 Å². The summed E-state index contributed by atoms with van der Waals surface area (Å²) in [6.07, 6.45) is 8.55. The summed E-state index contributed by atoms with van der Waals surface area (Å²) < 4.78 is 1.76. The molecule has 232 valence electrons. The van der Waals surface area contributed by atoms with Gasteiger partial charge in [0.05, 0.1) is 12.4 Å². The van der Waals surface area contributed by atoms with E-state index in [-0.39, 0.29) is 23.7 Å². The molecule has 44 heavy (non-hydrogen) atoms. The highest BCUT2D eigenvalue weighted by Gasteiger charge is 2.31. The van der Waals surface area contributed by atoms with Gasteiger partial charge in [-0.15, -0.1) is 0 Å². The van der Waals surface area contributed by atoms with Crippen LogP contribution in [0.3, 0.4) is 0 Å². The lowest BCUT2D eigenvalue weighted by atomic mass is 9.94. The van der Waals surface area contributed by atoms with Crippen molar-refractivity contribution in [3.8, 4) is 6.07 Å². The van der Waals surface area contributed by atoms with Crippen molar-refractivity contribution in [2.24, 2.45) is 13.0 Å². The third-order valence-corrected chi connectivity index (χ3v) is 9.41. The van der Waals surface area contributed by atoms with Crippen molar-refractivity contribution in [3.63, 3.8) is 0 Å². The maximum absolute atomic E-state index is 13.6. The molecule has 1 aromatic carbocycles. The average molecular weight is 599 g/mol. The summed E-state index contributed by atoms with van der Waals surface area (Å²) in [4.78, 5) is 46.7. The quantitative estimate of drug-likeness (QED) is 0.409. The van der Waals surface area contributed by atoms with E-state index in [0.717, 1.165) is 96.3 Å². The molecule has 1 aliphatic carbocycles. The summed E-state index contributed by atoms with van der Waals surface area (Å²) >= 11 is 0. The maximum atomic E-state index is 13.6. The molecule has 6 rings (SSSR count). The van der Waals surface area contributed by atoms with Gasteiger partial charge in [-0.05, 0) is 63.5 Å². The van der Waals surface area contributed by atoms with E-state index < -0.39 is 0 Å². The van der Waals surface area contributed by atoms with Gasteiger partial charge in [-0.2, -0.15) is 15.2 Å². The summed E-state index contributed by atoms with van der Waals surface area (Å²) in [6.45, 7) is 6.16. The summed E-state index contributed by atoms with van der Waals surface area (Å²) in [7, 11) is 3.94. The Morgan fingerprint density at radius 2 is 1.66 bits per heavy atom.